The summed E-state index contributed by atoms with van der Waals surface area (Å²) in [5.41, 5.74) is 1.65. The second-order valence-corrected chi connectivity index (χ2v) is 6.03. The maximum atomic E-state index is 9.08. The number of hydrogen-bond acceptors (Lipinski definition) is 2. The topological polar surface area (TPSA) is 27.0 Å². The predicted molar refractivity (Wildman–Crippen MR) is 74.0 cm³/mol. The molecule has 1 aromatic rings. The summed E-state index contributed by atoms with van der Waals surface area (Å²) in [6.45, 7) is 6.86. The van der Waals surface area contributed by atoms with E-state index in [1.807, 2.05) is 6.07 Å². The molecule has 2 nitrogen and oxygen atoms in total. The van der Waals surface area contributed by atoms with Crippen molar-refractivity contribution >= 4 is 0 Å². The van der Waals surface area contributed by atoms with Crippen LogP contribution >= 0.6 is 0 Å². The molecule has 0 N–H and O–H groups in total. The molecule has 0 spiro atoms. The van der Waals surface area contributed by atoms with Gasteiger partial charge in [0.1, 0.15) is 0 Å². The lowest BCUT2D eigenvalue weighted by molar-refractivity contribution is 0.0791. The van der Waals surface area contributed by atoms with Crippen LogP contribution in [0.4, 0.5) is 0 Å². The molecule has 0 aromatic heterocycles. The Morgan fingerprint density at radius 2 is 2.06 bits per heavy atom. The third-order valence-electron chi connectivity index (χ3n) is 3.84. The van der Waals surface area contributed by atoms with Gasteiger partial charge in [-0.05, 0) is 30.4 Å². The van der Waals surface area contributed by atoms with Gasteiger partial charge in [-0.25, -0.2) is 0 Å². The van der Waals surface area contributed by atoms with Crippen molar-refractivity contribution in [2.45, 2.75) is 39.2 Å². The van der Waals surface area contributed by atoms with E-state index >= 15 is 0 Å². The molecule has 1 saturated heterocycles. The molecular weight excluding hydrogens is 220 g/mol. The van der Waals surface area contributed by atoms with E-state index in [1.165, 1.54) is 18.4 Å². The van der Waals surface area contributed by atoms with Crippen LogP contribution in [0.2, 0.25) is 0 Å². The molecule has 0 bridgehead atoms. The highest BCUT2D eigenvalue weighted by Gasteiger charge is 2.30. The van der Waals surface area contributed by atoms with Crippen molar-refractivity contribution in [2.75, 3.05) is 13.1 Å². The van der Waals surface area contributed by atoms with Gasteiger partial charge in [0.25, 0.3) is 0 Å². The summed E-state index contributed by atoms with van der Waals surface area (Å²) in [6, 6.07) is 13.1. The number of rotatable bonds is 3. The lowest BCUT2D eigenvalue weighted by Gasteiger charge is -2.42. The zero-order valence-electron chi connectivity index (χ0n) is 11.4. The average Bonchev–Trinajstić information content (AvgIpc) is 2.36. The number of nitrogens with zero attached hydrogens (tertiary/aromatic N) is 2. The van der Waals surface area contributed by atoms with Gasteiger partial charge in [0, 0.05) is 12.6 Å². The van der Waals surface area contributed by atoms with Crippen LogP contribution in [-0.2, 0) is 0 Å². The average molecular weight is 242 g/mol. The van der Waals surface area contributed by atoms with Gasteiger partial charge in [-0.3, -0.25) is 4.90 Å². The molecule has 1 aliphatic heterocycles. The first-order chi connectivity index (χ1) is 8.62. The van der Waals surface area contributed by atoms with Gasteiger partial charge in [-0.1, -0.05) is 44.2 Å². The fourth-order valence-corrected chi connectivity index (χ4v) is 2.95. The van der Waals surface area contributed by atoms with Gasteiger partial charge in [0.15, 0.2) is 0 Å². The normalized spacial score (nSPS) is 21.2. The number of hydrogen-bond donors (Lipinski definition) is 0. The van der Waals surface area contributed by atoms with Crippen LogP contribution in [-0.4, -0.2) is 18.0 Å². The smallest absolute Gasteiger partial charge is 0.0641 e. The monoisotopic (exact) mass is 242 g/mol. The molecule has 2 heteroatoms. The van der Waals surface area contributed by atoms with Crippen molar-refractivity contribution in [2.24, 2.45) is 5.41 Å². The van der Waals surface area contributed by atoms with Crippen molar-refractivity contribution in [3.63, 3.8) is 0 Å². The minimum atomic E-state index is 0.260. The van der Waals surface area contributed by atoms with Crippen LogP contribution in [0.25, 0.3) is 0 Å². The fourth-order valence-electron chi connectivity index (χ4n) is 2.95. The molecule has 96 valence electrons. The third-order valence-corrected chi connectivity index (χ3v) is 3.84. The molecule has 0 aliphatic carbocycles. The summed E-state index contributed by atoms with van der Waals surface area (Å²) in [7, 11) is 0. The van der Waals surface area contributed by atoms with Crippen LogP contribution in [0, 0.1) is 16.7 Å². The van der Waals surface area contributed by atoms with E-state index in [9.17, 15) is 0 Å². The molecule has 1 aromatic carbocycles. The van der Waals surface area contributed by atoms with E-state index < -0.39 is 0 Å². The third kappa shape index (κ3) is 3.11. The quantitative estimate of drug-likeness (QED) is 0.807. The van der Waals surface area contributed by atoms with E-state index in [-0.39, 0.29) is 6.04 Å². The highest BCUT2D eigenvalue weighted by atomic mass is 15.2. The van der Waals surface area contributed by atoms with Crippen molar-refractivity contribution in [3.05, 3.63) is 35.9 Å². The van der Waals surface area contributed by atoms with Gasteiger partial charge in [0.05, 0.1) is 12.5 Å². The van der Waals surface area contributed by atoms with Crippen molar-refractivity contribution in [3.8, 4) is 6.07 Å². The summed E-state index contributed by atoms with van der Waals surface area (Å²) in [6.07, 6.45) is 3.11. The largest absolute Gasteiger partial charge is 0.295 e. The molecule has 1 heterocycles. The molecule has 2 rings (SSSR count). The molecule has 0 radical (unpaired) electrons. The van der Waals surface area contributed by atoms with Gasteiger partial charge < -0.3 is 0 Å². The number of piperidine rings is 1. The Kier molecular flexibility index (Phi) is 4.04. The van der Waals surface area contributed by atoms with Crippen LogP contribution in [0.1, 0.15) is 44.7 Å². The Morgan fingerprint density at radius 1 is 1.33 bits per heavy atom. The first-order valence-electron chi connectivity index (χ1n) is 6.78. The van der Waals surface area contributed by atoms with Crippen LogP contribution in [0.5, 0.6) is 0 Å². The highest BCUT2D eigenvalue weighted by molar-refractivity contribution is 5.20. The van der Waals surface area contributed by atoms with E-state index in [0.717, 1.165) is 13.1 Å². The number of likely N-dealkylation sites (tertiary alicyclic amines) is 1. The maximum absolute atomic E-state index is 9.08. The molecule has 0 amide bonds. The molecule has 1 fully saturated rings. The van der Waals surface area contributed by atoms with Crippen molar-refractivity contribution < 1.29 is 0 Å². The maximum Gasteiger partial charge on any atom is 0.0641 e. The SMILES string of the molecule is CC1(C)CCCN(C(CC#N)c2ccccc2)C1. The van der Waals surface area contributed by atoms with Gasteiger partial charge in [-0.15, -0.1) is 0 Å². The van der Waals surface area contributed by atoms with Crippen LogP contribution < -0.4 is 0 Å². The summed E-state index contributed by atoms with van der Waals surface area (Å²) in [5.74, 6) is 0. The first kappa shape index (κ1) is 13.1. The number of benzene rings is 1. The zero-order chi connectivity index (χ0) is 13.0. The minimum Gasteiger partial charge on any atom is -0.295 e. The number of nitriles is 1. The second-order valence-electron chi connectivity index (χ2n) is 6.03. The van der Waals surface area contributed by atoms with E-state index in [0.29, 0.717) is 11.8 Å². The summed E-state index contributed by atoms with van der Waals surface area (Å²) in [5, 5.41) is 9.08. The fraction of sp³-hybridized carbons (Fsp3) is 0.562. The zero-order valence-corrected chi connectivity index (χ0v) is 11.4. The van der Waals surface area contributed by atoms with Gasteiger partial charge in [-0.2, -0.15) is 5.26 Å². The van der Waals surface area contributed by atoms with Gasteiger partial charge in [0.2, 0.25) is 0 Å². The minimum absolute atomic E-state index is 0.260. The van der Waals surface area contributed by atoms with Crippen LogP contribution in [0.3, 0.4) is 0 Å². The second kappa shape index (κ2) is 5.54. The lowest BCUT2D eigenvalue weighted by atomic mass is 9.83. The Hall–Kier alpha value is -1.33. The predicted octanol–water partition coefficient (Wildman–Crippen LogP) is 3.76. The van der Waals surface area contributed by atoms with E-state index in [2.05, 4.69) is 49.1 Å². The van der Waals surface area contributed by atoms with Crippen LogP contribution in [0.15, 0.2) is 30.3 Å². The lowest BCUT2D eigenvalue weighted by Crippen LogP contribution is -2.42. The highest BCUT2D eigenvalue weighted by Crippen LogP contribution is 2.34. The van der Waals surface area contributed by atoms with Gasteiger partial charge >= 0.3 is 0 Å². The Balaban J connectivity index is 2.18. The van der Waals surface area contributed by atoms with Crippen molar-refractivity contribution in [1.29, 1.82) is 5.26 Å². The summed E-state index contributed by atoms with van der Waals surface area (Å²) >= 11 is 0. The van der Waals surface area contributed by atoms with Crippen molar-refractivity contribution in [1.82, 2.24) is 4.90 Å². The first-order valence-corrected chi connectivity index (χ1v) is 6.78. The standard InChI is InChI=1S/C16H22N2/c1-16(2)10-6-12-18(13-16)15(9-11-17)14-7-4-3-5-8-14/h3-5,7-8,15H,6,9-10,12-13H2,1-2H3. The molecule has 18 heavy (non-hydrogen) atoms. The Labute approximate surface area is 110 Å². The van der Waals surface area contributed by atoms with E-state index in [4.69, 9.17) is 5.26 Å². The molecule has 0 saturated carbocycles. The molecular formula is C16H22N2. The molecule has 1 atom stereocenters. The molecule has 1 aliphatic rings. The summed E-state index contributed by atoms with van der Waals surface area (Å²) in [4.78, 5) is 2.49. The summed E-state index contributed by atoms with van der Waals surface area (Å²) < 4.78 is 0. The Bertz CT molecular complexity index is 416. The molecule has 1 unspecified atom stereocenters. The van der Waals surface area contributed by atoms with E-state index in [1.54, 1.807) is 0 Å². The Morgan fingerprint density at radius 3 is 2.67 bits per heavy atom.